The van der Waals surface area contributed by atoms with Crippen molar-refractivity contribution in [1.29, 1.82) is 0 Å². The number of aromatic nitrogens is 1. The number of benzene rings is 2. The van der Waals surface area contributed by atoms with Gasteiger partial charge in [0.2, 0.25) is 0 Å². The number of carbonyl (C=O) groups excluding carboxylic acids is 1. The molecule has 6 nitrogen and oxygen atoms in total. The Kier molecular flexibility index (Phi) is 5.76. The first-order chi connectivity index (χ1) is 15.2. The molecule has 0 saturated carbocycles. The molecule has 32 heavy (non-hydrogen) atoms. The number of thioether (sulfide) groups is 1. The van der Waals surface area contributed by atoms with Crippen molar-refractivity contribution in [2.45, 2.75) is 27.7 Å². The molecule has 1 aliphatic rings. The topological polar surface area (TPSA) is 83.7 Å². The van der Waals surface area contributed by atoms with E-state index in [9.17, 15) is 14.7 Å². The summed E-state index contributed by atoms with van der Waals surface area (Å²) in [6.45, 7) is 7.86. The number of nitrogens with one attached hydrogen (secondary N) is 1. The van der Waals surface area contributed by atoms with Crippen molar-refractivity contribution in [1.82, 2.24) is 9.88 Å². The van der Waals surface area contributed by atoms with Gasteiger partial charge in [-0.3, -0.25) is 4.79 Å². The molecule has 1 aliphatic heterocycles. The molecule has 0 atom stereocenters. The summed E-state index contributed by atoms with van der Waals surface area (Å²) in [5.74, 6) is -1.18. The van der Waals surface area contributed by atoms with Crippen molar-refractivity contribution in [3.63, 3.8) is 0 Å². The number of para-hydroxylation sites is 1. The van der Waals surface area contributed by atoms with E-state index in [1.165, 1.54) is 11.8 Å². The molecule has 3 aromatic rings. The fourth-order valence-electron chi connectivity index (χ4n) is 3.82. The fourth-order valence-corrected chi connectivity index (χ4v) is 4.64. The Morgan fingerprint density at radius 1 is 1.09 bits per heavy atom. The highest BCUT2D eigenvalue weighted by Gasteiger charge is 2.25. The zero-order valence-corrected chi connectivity index (χ0v) is 19.1. The molecule has 4 rings (SSSR count). The van der Waals surface area contributed by atoms with E-state index in [4.69, 9.17) is 0 Å². The van der Waals surface area contributed by atoms with Gasteiger partial charge in [0.25, 0.3) is 5.91 Å². The molecule has 2 aromatic carbocycles. The Balaban J connectivity index is 1.68. The third kappa shape index (κ3) is 4.11. The lowest BCUT2D eigenvalue weighted by molar-refractivity contribution is -0.115. The average molecular weight is 446 g/mol. The molecular weight excluding hydrogens is 422 g/mol. The summed E-state index contributed by atoms with van der Waals surface area (Å²) in [5.41, 5.74) is 6.45. The Hall–Kier alpha value is -3.58. The Bertz CT molecular complexity index is 1320. The van der Waals surface area contributed by atoms with Crippen LogP contribution in [0.1, 0.15) is 38.4 Å². The lowest BCUT2D eigenvalue weighted by Crippen LogP contribution is -2.19. The van der Waals surface area contributed by atoms with E-state index in [0.717, 1.165) is 33.8 Å². The maximum absolute atomic E-state index is 12.6. The van der Waals surface area contributed by atoms with Gasteiger partial charge in [0.05, 0.1) is 21.8 Å². The number of amidine groups is 1. The minimum Gasteiger partial charge on any atom is -0.478 e. The summed E-state index contributed by atoms with van der Waals surface area (Å²) in [4.78, 5) is 29.4. The van der Waals surface area contributed by atoms with Gasteiger partial charge >= 0.3 is 5.97 Å². The molecule has 1 amide bonds. The van der Waals surface area contributed by atoms with Crippen LogP contribution in [0.3, 0.4) is 0 Å². The molecule has 2 N–H and O–H groups in total. The summed E-state index contributed by atoms with van der Waals surface area (Å²) in [7, 11) is 0. The number of amides is 1. The van der Waals surface area contributed by atoms with Crippen molar-refractivity contribution >= 4 is 40.6 Å². The van der Waals surface area contributed by atoms with Crippen LogP contribution in [0, 0.1) is 27.7 Å². The number of carboxylic acid groups (broad SMARTS) is 1. The lowest BCUT2D eigenvalue weighted by atomic mass is 10.1. The van der Waals surface area contributed by atoms with Crippen molar-refractivity contribution in [2.24, 2.45) is 4.99 Å². The van der Waals surface area contributed by atoms with E-state index in [0.29, 0.717) is 15.8 Å². The van der Waals surface area contributed by atoms with Gasteiger partial charge in [0.15, 0.2) is 5.17 Å². The number of hydrogen-bond donors (Lipinski definition) is 2. The van der Waals surface area contributed by atoms with Gasteiger partial charge in [-0.05, 0) is 80.9 Å². The van der Waals surface area contributed by atoms with Gasteiger partial charge in [-0.1, -0.05) is 29.8 Å². The molecule has 0 aliphatic carbocycles. The number of hydrogen-bond acceptors (Lipinski definition) is 4. The number of carbonyl (C=O) groups is 2. The van der Waals surface area contributed by atoms with Crippen LogP contribution in [0.4, 0.5) is 5.69 Å². The highest BCUT2D eigenvalue weighted by atomic mass is 32.2. The molecule has 1 saturated heterocycles. The number of carboxylic acids is 1. The van der Waals surface area contributed by atoms with E-state index in [1.54, 1.807) is 18.2 Å². The minimum absolute atomic E-state index is 0.200. The molecular formula is C25H23N3O3S. The molecule has 0 radical (unpaired) electrons. The van der Waals surface area contributed by atoms with Gasteiger partial charge in [0, 0.05) is 11.4 Å². The predicted octanol–water partition coefficient (Wildman–Crippen LogP) is 5.30. The SMILES string of the molecule is Cc1ccc(N=C2NC(=O)/C(=C/c3cc(C)n(-c4ccccc4C(=O)O)c3C)S2)c(C)c1. The number of nitrogens with zero attached hydrogens (tertiary/aromatic N) is 2. The third-order valence-corrected chi connectivity index (χ3v) is 6.27. The van der Waals surface area contributed by atoms with Crippen LogP contribution in [-0.4, -0.2) is 26.7 Å². The summed E-state index contributed by atoms with van der Waals surface area (Å²) in [6.07, 6.45) is 1.83. The van der Waals surface area contributed by atoms with Crippen LogP contribution in [0.25, 0.3) is 11.8 Å². The third-order valence-electron chi connectivity index (χ3n) is 5.36. The maximum Gasteiger partial charge on any atom is 0.337 e. The molecule has 1 fully saturated rings. The van der Waals surface area contributed by atoms with Crippen LogP contribution < -0.4 is 5.32 Å². The molecule has 0 unspecified atom stereocenters. The van der Waals surface area contributed by atoms with Gasteiger partial charge < -0.3 is 15.0 Å². The fraction of sp³-hybridized carbons (Fsp3) is 0.160. The first-order valence-corrected chi connectivity index (χ1v) is 10.9. The molecule has 1 aromatic heterocycles. The second-order valence-electron chi connectivity index (χ2n) is 7.76. The minimum atomic E-state index is -0.981. The number of aromatic carboxylic acids is 1. The Morgan fingerprint density at radius 2 is 1.84 bits per heavy atom. The van der Waals surface area contributed by atoms with E-state index in [1.807, 2.05) is 62.6 Å². The standard InChI is InChI=1S/C25H23N3O3S/c1-14-9-10-20(15(2)11-14)26-25-27-23(29)22(32-25)13-18-12-16(3)28(17(18)4)21-8-6-5-7-19(21)24(30)31/h5-13H,1-4H3,(H,30,31)(H,26,27,29)/b22-13-. The summed E-state index contributed by atoms with van der Waals surface area (Å²) >= 11 is 1.30. The normalized spacial score (nSPS) is 16.1. The first kappa shape index (κ1) is 21.6. The molecule has 2 heterocycles. The number of aliphatic imine (C=N–C) groups is 1. The van der Waals surface area contributed by atoms with E-state index < -0.39 is 5.97 Å². The first-order valence-electron chi connectivity index (χ1n) is 10.1. The van der Waals surface area contributed by atoms with Gasteiger partial charge in [-0.2, -0.15) is 0 Å². The van der Waals surface area contributed by atoms with E-state index in [2.05, 4.69) is 16.4 Å². The predicted molar refractivity (Wildman–Crippen MR) is 129 cm³/mol. The quantitative estimate of drug-likeness (QED) is 0.534. The second-order valence-corrected chi connectivity index (χ2v) is 8.79. The van der Waals surface area contributed by atoms with Crippen LogP contribution in [0.5, 0.6) is 0 Å². The Morgan fingerprint density at radius 3 is 2.56 bits per heavy atom. The monoisotopic (exact) mass is 445 g/mol. The van der Waals surface area contributed by atoms with Crippen LogP contribution in [-0.2, 0) is 4.79 Å². The lowest BCUT2D eigenvalue weighted by Gasteiger charge is -2.12. The van der Waals surface area contributed by atoms with Crippen molar-refractivity contribution < 1.29 is 14.7 Å². The molecule has 162 valence electrons. The van der Waals surface area contributed by atoms with Gasteiger partial charge in [0.1, 0.15) is 0 Å². The molecule has 0 bridgehead atoms. The van der Waals surface area contributed by atoms with Crippen LogP contribution in [0.2, 0.25) is 0 Å². The molecule has 0 spiro atoms. The Labute approximate surface area is 190 Å². The van der Waals surface area contributed by atoms with Gasteiger partial charge in [-0.15, -0.1) is 0 Å². The summed E-state index contributed by atoms with van der Waals surface area (Å²) < 4.78 is 1.90. The smallest absolute Gasteiger partial charge is 0.337 e. The highest BCUT2D eigenvalue weighted by molar-refractivity contribution is 8.18. The maximum atomic E-state index is 12.6. The number of rotatable bonds is 4. The van der Waals surface area contributed by atoms with Crippen molar-refractivity contribution in [2.75, 3.05) is 0 Å². The van der Waals surface area contributed by atoms with Crippen molar-refractivity contribution in [3.05, 3.63) is 87.1 Å². The summed E-state index contributed by atoms with van der Waals surface area (Å²) in [5, 5.41) is 12.9. The van der Waals surface area contributed by atoms with E-state index in [-0.39, 0.29) is 11.5 Å². The molecule has 7 heteroatoms. The summed E-state index contributed by atoms with van der Waals surface area (Å²) in [6, 6.07) is 14.8. The van der Waals surface area contributed by atoms with Crippen molar-refractivity contribution in [3.8, 4) is 5.69 Å². The van der Waals surface area contributed by atoms with Gasteiger partial charge in [-0.25, -0.2) is 9.79 Å². The number of aryl methyl sites for hydroxylation is 3. The average Bonchev–Trinajstić information content (AvgIpc) is 3.22. The second kappa shape index (κ2) is 8.51. The largest absolute Gasteiger partial charge is 0.478 e. The highest BCUT2D eigenvalue weighted by Crippen LogP contribution is 2.31. The van der Waals surface area contributed by atoms with E-state index >= 15 is 0 Å². The zero-order valence-electron chi connectivity index (χ0n) is 18.3. The van der Waals surface area contributed by atoms with Crippen LogP contribution in [0.15, 0.2) is 58.4 Å². The zero-order chi connectivity index (χ0) is 23.0. The van der Waals surface area contributed by atoms with Crippen LogP contribution >= 0.6 is 11.8 Å².